The summed E-state index contributed by atoms with van der Waals surface area (Å²) in [6.07, 6.45) is 3.69. The van der Waals surface area contributed by atoms with Crippen LogP contribution in [0.3, 0.4) is 0 Å². The molecule has 6 nitrogen and oxygen atoms in total. The third-order valence-corrected chi connectivity index (χ3v) is 4.34. The van der Waals surface area contributed by atoms with Crippen molar-refractivity contribution < 1.29 is 18.9 Å². The Bertz CT molecular complexity index is 668. The van der Waals surface area contributed by atoms with E-state index in [1.165, 1.54) is 0 Å². The molecule has 0 saturated carbocycles. The molecule has 1 fully saturated rings. The average molecular weight is 344 g/mol. The maximum atomic E-state index is 5.91. The minimum absolute atomic E-state index is 0.0458. The topological polar surface area (TPSA) is 53.1 Å². The van der Waals surface area contributed by atoms with Crippen LogP contribution in [0.1, 0.15) is 17.2 Å². The van der Waals surface area contributed by atoms with Crippen LogP contribution in [-0.4, -0.2) is 50.9 Å². The summed E-state index contributed by atoms with van der Waals surface area (Å²) in [4.78, 5) is 6.55. The van der Waals surface area contributed by atoms with E-state index < -0.39 is 0 Å². The highest BCUT2D eigenvalue weighted by molar-refractivity contribution is 5.53. The Labute approximate surface area is 148 Å². The van der Waals surface area contributed by atoms with Gasteiger partial charge in [0.2, 0.25) is 5.75 Å². The Morgan fingerprint density at radius 2 is 1.92 bits per heavy atom. The van der Waals surface area contributed by atoms with Gasteiger partial charge in [0.1, 0.15) is 0 Å². The average Bonchev–Trinajstić information content (AvgIpc) is 2.68. The minimum Gasteiger partial charge on any atom is -0.493 e. The fourth-order valence-electron chi connectivity index (χ4n) is 3.10. The SMILES string of the molecule is COc1cc(CN2CCO[C@H](c3cccnc3)C2)cc(OC)c1OC. The lowest BCUT2D eigenvalue weighted by atomic mass is 10.1. The van der Waals surface area contributed by atoms with Gasteiger partial charge < -0.3 is 18.9 Å². The smallest absolute Gasteiger partial charge is 0.203 e. The van der Waals surface area contributed by atoms with Gasteiger partial charge in [-0.1, -0.05) is 6.07 Å². The molecule has 0 N–H and O–H groups in total. The van der Waals surface area contributed by atoms with E-state index in [0.29, 0.717) is 23.9 Å². The molecule has 3 rings (SSSR count). The van der Waals surface area contributed by atoms with Crippen molar-refractivity contribution in [3.8, 4) is 17.2 Å². The zero-order valence-electron chi connectivity index (χ0n) is 14.9. The molecular weight excluding hydrogens is 320 g/mol. The molecule has 0 radical (unpaired) electrons. The highest BCUT2D eigenvalue weighted by atomic mass is 16.5. The van der Waals surface area contributed by atoms with Gasteiger partial charge in [-0.2, -0.15) is 0 Å². The monoisotopic (exact) mass is 344 g/mol. The third-order valence-electron chi connectivity index (χ3n) is 4.34. The highest BCUT2D eigenvalue weighted by Gasteiger charge is 2.23. The Kier molecular flexibility index (Phi) is 5.73. The first-order valence-electron chi connectivity index (χ1n) is 8.28. The van der Waals surface area contributed by atoms with E-state index in [4.69, 9.17) is 18.9 Å². The Balaban J connectivity index is 1.75. The van der Waals surface area contributed by atoms with Gasteiger partial charge in [0.15, 0.2) is 11.5 Å². The molecule has 1 atom stereocenters. The molecule has 0 spiro atoms. The van der Waals surface area contributed by atoms with Crippen molar-refractivity contribution in [1.29, 1.82) is 0 Å². The van der Waals surface area contributed by atoms with Gasteiger partial charge in [-0.3, -0.25) is 9.88 Å². The second kappa shape index (κ2) is 8.18. The van der Waals surface area contributed by atoms with Crippen LogP contribution in [0.5, 0.6) is 17.2 Å². The van der Waals surface area contributed by atoms with Crippen molar-refractivity contribution >= 4 is 0 Å². The number of rotatable bonds is 6. The van der Waals surface area contributed by atoms with Crippen molar-refractivity contribution in [1.82, 2.24) is 9.88 Å². The minimum atomic E-state index is 0.0458. The quantitative estimate of drug-likeness (QED) is 0.803. The van der Waals surface area contributed by atoms with E-state index in [0.717, 1.165) is 30.8 Å². The maximum Gasteiger partial charge on any atom is 0.203 e. The van der Waals surface area contributed by atoms with E-state index in [1.807, 2.05) is 24.4 Å². The Hall–Kier alpha value is -2.31. The molecule has 0 amide bonds. The van der Waals surface area contributed by atoms with Gasteiger partial charge in [0, 0.05) is 37.6 Å². The van der Waals surface area contributed by atoms with Crippen LogP contribution in [0.25, 0.3) is 0 Å². The number of nitrogens with zero attached hydrogens (tertiary/aromatic N) is 2. The molecule has 0 unspecified atom stereocenters. The largest absolute Gasteiger partial charge is 0.493 e. The van der Waals surface area contributed by atoms with Gasteiger partial charge >= 0.3 is 0 Å². The van der Waals surface area contributed by atoms with E-state index >= 15 is 0 Å². The van der Waals surface area contributed by atoms with Crippen LogP contribution in [0.15, 0.2) is 36.7 Å². The predicted octanol–water partition coefficient (Wildman–Crippen LogP) is 2.68. The molecule has 2 aromatic rings. The normalized spacial score (nSPS) is 18.0. The summed E-state index contributed by atoms with van der Waals surface area (Å²) >= 11 is 0. The first kappa shape index (κ1) is 17.5. The van der Waals surface area contributed by atoms with Crippen LogP contribution < -0.4 is 14.2 Å². The number of methoxy groups -OCH3 is 3. The molecule has 2 heterocycles. The molecule has 1 saturated heterocycles. The second-order valence-corrected chi connectivity index (χ2v) is 5.91. The van der Waals surface area contributed by atoms with Crippen molar-refractivity contribution in [3.05, 3.63) is 47.8 Å². The number of hydrogen-bond donors (Lipinski definition) is 0. The summed E-state index contributed by atoms with van der Waals surface area (Å²) in [5.74, 6) is 1.96. The van der Waals surface area contributed by atoms with Crippen molar-refractivity contribution in [2.24, 2.45) is 0 Å². The lowest BCUT2D eigenvalue weighted by molar-refractivity contribution is -0.0331. The summed E-state index contributed by atoms with van der Waals surface area (Å²) in [7, 11) is 4.88. The fourth-order valence-corrected chi connectivity index (χ4v) is 3.10. The number of aromatic nitrogens is 1. The molecule has 1 aliphatic rings. The summed E-state index contributed by atoms with van der Waals surface area (Å²) in [5, 5.41) is 0. The molecule has 1 aliphatic heterocycles. The van der Waals surface area contributed by atoms with Crippen molar-refractivity contribution in [2.45, 2.75) is 12.6 Å². The first-order valence-corrected chi connectivity index (χ1v) is 8.28. The number of pyridine rings is 1. The van der Waals surface area contributed by atoms with Crippen molar-refractivity contribution in [3.63, 3.8) is 0 Å². The summed E-state index contributed by atoms with van der Waals surface area (Å²) < 4.78 is 22.2. The summed E-state index contributed by atoms with van der Waals surface area (Å²) in [5.41, 5.74) is 2.22. The lowest BCUT2D eigenvalue weighted by Gasteiger charge is -2.33. The number of hydrogen-bond acceptors (Lipinski definition) is 6. The van der Waals surface area contributed by atoms with E-state index in [-0.39, 0.29) is 6.10 Å². The highest BCUT2D eigenvalue weighted by Crippen LogP contribution is 2.38. The van der Waals surface area contributed by atoms with Crippen LogP contribution >= 0.6 is 0 Å². The number of benzene rings is 1. The Morgan fingerprint density at radius 3 is 2.52 bits per heavy atom. The predicted molar refractivity (Wildman–Crippen MR) is 94.3 cm³/mol. The number of ether oxygens (including phenoxy) is 4. The van der Waals surface area contributed by atoms with E-state index in [2.05, 4.69) is 16.0 Å². The van der Waals surface area contributed by atoms with Crippen LogP contribution in [0, 0.1) is 0 Å². The third kappa shape index (κ3) is 4.03. The van der Waals surface area contributed by atoms with Crippen LogP contribution in [-0.2, 0) is 11.3 Å². The first-order chi connectivity index (χ1) is 12.2. The van der Waals surface area contributed by atoms with Gasteiger partial charge in [-0.05, 0) is 23.8 Å². The maximum absolute atomic E-state index is 5.91. The molecule has 1 aromatic heterocycles. The molecule has 0 bridgehead atoms. The molecule has 1 aromatic carbocycles. The zero-order chi connectivity index (χ0) is 17.6. The van der Waals surface area contributed by atoms with Gasteiger partial charge in [0.05, 0.1) is 34.0 Å². The van der Waals surface area contributed by atoms with Crippen LogP contribution in [0.2, 0.25) is 0 Å². The molecule has 134 valence electrons. The Morgan fingerprint density at radius 1 is 1.16 bits per heavy atom. The molecule has 0 aliphatic carbocycles. The lowest BCUT2D eigenvalue weighted by Crippen LogP contribution is -2.37. The fraction of sp³-hybridized carbons (Fsp3) is 0.421. The van der Waals surface area contributed by atoms with Gasteiger partial charge in [-0.15, -0.1) is 0 Å². The van der Waals surface area contributed by atoms with Crippen LogP contribution in [0.4, 0.5) is 0 Å². The standard InChI is InChI=1S/C19H24N2O4/c1-22-16-9-14(10-17(23-2)19(16)24-3)12-21-7-8-25-18(13-21)15-5-4-6-20-11-15/h4-6,9-11,18H,7-8,12-13H2,1-3H3/t18-/m0/s1. The zero-order valence-corrected chi connectivity index (χ0v) is 14.9. The molecule has 25 heavy (non-hydrogen) atoms. The van der Waals surface area contributed by atoms with Gasteiger partial charge in [-0.25, -0.2) is 0 Å². The molecular formula is C19H24N2O4. The number of morpholine rings is 1. The van der Waals surface area contributed by atoms with E-state index in [1.54, 1.807) is 27.5 Å². The molecule has 6 heteroatoms. The van der Waals surface area contributed by atoms with Gasteiger partial charge in [0.25, 0.3) is 0 Å². The summed E-state index contributed by atoms with van der Waals surface area (Å²) in [6.45, 7) is 3.19. The van der Waals surface area contributed by atoms with E-state index in [9.17, 15) is 0 Å². The van der Waals surface area contributed by atoms with Crippen molar-refractivity contribution in [2.75, 3.05) is 41.0 Å². The summed E-state index contributed by atoms with van der Waals surface area (Å²) in [6, 6.07) is 7.99. The second-order valence-electron chi connectivity index (χ2n) is 5.91.